The summed E-state index contributed by atoms with van der Waals surface area (Å²) in [5.74, 6) is 1.17. The van der Waals surface area contributed by atoms with Crippen LogP contribution in [0.1, 0.15) is 11.1 Å². The average Bonchev–Trinajstić information content (AvgIpc) is 2.49. The lowest BCUT2D eigenvalue weighted by Crippen LogP contribution is -2.22. The number of ether oxygens (including phenoxy) is 1. The largest absolute Gasteiger partial charge is 0.497 e. The molecule has 2 aromatic carbocycles. The van der Waals surface area contributed by atoms with Crippen LogP contribution in [0.5, 0.6) is 5.75 Å². The Balaban J connectivity index is 1.98. The Labute approximate surface area is 129 Å². The lowest BCUT2D eigenvalue weighted by Gasteiger charge is -2.07. The second-order valence-electron chi connectivity index (χ2n) is 4.64. The summed E-state index contributed by atoms with van der Waals surface area (Å²) in [6.07, 6.45) is 0. The monoisotopic (exact) mass is 303 g/mol. The summed E-state index contributed by atoms with van der Waals surface area (Å²) in [5, 5.41) is 3.79. The highest BCUT2D eigenvalue weighted by Gasteiger charge is 1.99. The predicted molar refractivity (Wildman–Crippen MR) is 88.1 cm³/mol. The van der Waals surface area contributed by atoms with Crippen LogP contribution < -0.4 is 15.8 Å². The molecule has 0 atom stereocenters. The number of nitrogens with zero attached hydrogens (tertiary/aromatic N) is 1. The normalized spacial score (nSPS) is 11.3. The third-order valence-corrected chi connectivity index (χ3v) is 3.44. The number of methoxy groups -OCH3 is 1. The molecular formula is C16H18ClN3O. The van der Waals surface area contributed by atoms with Crippen molar-refractivity contribution in [1.82, 2.24) is 0 Å². The number of hydrogen-bond acceptors (Lipinski definition) is 2. The summed E-state index contributed by atoms with van der Waals surface area (Å²) in [4.78, 5) is 4.31. The lowest BCUT2D eigenvalue weighted by atomic mass is 10.1. The number of guanidine groups is 1. The third kappa shape index (κ3) is 4.39. The SMILES string of the molecule is COc1ccc(NC(N)=NCc2ccc(Cl)c(C)c2)cc1. The molecule has 0 spiro atoms. The van der Waals surface area contributed by atoms with E-state index in [0.717, 1.165) is 27.6 Å². The minimum atomic E-state index is 0.368. The van der Waals surface area contributed by atoms with E-state index in [-0.39, 0.29) is 0 Å². The van der Waals surface area contributed by atoms with Gasteiger partial charge in [-0.15, -0.1) is 0 Å². The van der Waals surface area contributed by atoms with Gasteiger partial charge < -0.3 is 15.8 Å². The number of aryl methyl sites for hydroxylation is 1. The topological polar surface area (TPSA) is 59.6 Å². The molecule has 0 fully saturated rings. The van der Waals surface area contributed by atoms with Crippen molar-refractivity contribution >= 4 is 23.2 Å². The van der Waals surface area contributed by atoms with E-state index in [1.807, 2.05) is 49.4 Å². The summed E-state index contributed by atoms with van der Waals surface area (Å²) < 4.78 is 5.10. The van der Waals surface area contributed by atoms with Crippen molar-refractivity contribution in [3.05, 3.63) is 58.6 Å². The number of nitrogens with two attached hydrogens (primary N) is 1. The zero-order chi connectivity index (χ0) is 15.2. The van der Waals surface area contributed by atoms with Crippen LogP contribution in [0.3, 0.4) is 0 Å². The standard InChI is InChI=1S/C16H18ClN3O/c1-11-9-12(3-8-15(11)17)10-19-16(18)20-13-4-6-14(21-2)7-5-13/h3-9H,10H2,1-2H3,(H3,18,19,20). The van der Waals surface area contributed by atoms with Gasteiger partial charge in [0.05, 0.1) is 13.7 Å². The smallest absolute Gasteiger partial charge is 0.193 e. The van der Waals surface area contributed by atoms with Gasteiger partial charge >= 0.3 is 0 Å². The maximum absolute atomic E-state index is 5.99. The highest BCUT2D eigenvalue weighted by Crippen LogP contribution is 2.17. The Hall–Kier alpha value is -2.20. The zero-order valence-electron chi connectivity index (χ0n) is 12.1. The van der Waals surface area contributed by atoms with E-state index in [0.29, 0.717) is 12.5 Å². The lowest BCUT2D eigenvalue weighted by molar-refractivity contribution is 0.415. The first-order valence-electron chi connectivity index (χ1n) is 6.54. The van der Waals surface area contributed by atoms with E-state index in [1.165, 1.54) is 0 Å². The Morgan fingerprint density at radius 2 is 1.95 bits per heavy atom. The number of aliphatic imine (C=N–C) groups is 1. The van der Waals surface area contributed by atoms with Crippen LogP contribution >= 0.6 is 11.6 Å². The number of anilines is 1. The number of rotatable bonds is 4. The van der Waals surface area contributed by atoms with Crippen molar-refractivity contribution in [1.29, 1.82) is 0 Å². The first-order valence-corrected chi connectivity index (χ1v) is 6.92. The highest BCUT2D eigenvalue weighted by molar-refractivity contribution is 6.31. The molecule has 5 heteroatoms. The quantitative estimate of drug-likeness (QED) is 0.670. The molecular weight excluding hydrogens is 286 g/mol. The van der Waals surface area contributed by atoms with Gasteiger partial charge in [0.25, 0.3) is 0 Å². The van der Waals surface area contributed by atoms with Crippen LogP contribution in [0.25, 0.3) is 0 Å². The van der Waals surface area contributed by atoms with Gasteiger partial charge in [0.2, 0.25) is 0 Å². The molecule has 21 heavy (non-hydrogen) atoms. The fourth-order valence-electron chi connectivity index (χ4n) is 1.84. The van der Waals surface area contributed by atoms with Crippen molar-refractivity contribution in [2.24, 2.45) is 10.7 Å². The van der Waals surface area contributed by atoms with Crippen molar-refractivity contribution in [2.45, 2.75) is 13.5 Å². The first kappa shape index (κ1) is 15.2. The van der Waals surface area contributed by atoms with Crippen LogP contribution in [0, 0.1) is 6.92 Å². The molecule has 2 rings (SSSR count). The molecule has 4 nitrogen and oxygen atoms in total. The van der Waals surface area contributed by atoms with Crippen LogP contribution in [0.15, 0.2) is 47.5 Å². The molecule has 0 aliphatic rings. The second kappa shape index (κ2) is 6.99. The molecule has 0 radical (unpaired) electrons. The van der Waals surface area contributed by atoms with Gasteiger partial charge in [0, 0.05) is 10.7 Å². The molecule has 3 N–H and O–H groups in total. The van der Waals surface area contributed by atoms with Crippen molar-refractivity contribution < 1.29 is 4.74 Å². The number of hydrogen-bond donors (Lipinski definition) is 2. The summed E-state index contributed by atoms with van der Waals surface area (Å²) >= 11 is 5.99. The fourth-order valence-corrected chi connectivity index (χ4v) is 1.96. The van der Waals surface area contributed by atoms with Crippen LogP contribution in [-0.4, -0.2) is 13.1 Å². The van der Waals surface area contributed by atoms with Gasteiger partial charge in [-0.2, -0.15) is 0 Å². The maximum Gasteiger partial charge on any atom is 0.193 e. The van der Waals surface area contributed by atoms with Crippen molar-refractivity contribution in [3.63, 3.8) is 0 Å². The van der Waals surface area contributed by atoms with Gasteiger partial charge in [0.1, 0.15) is 5.75 Å². The predicted octanol–water partition coefficient (Wildman–Crippen LogP) is 3.58. The van der Waals surface area contributed by atoms with Crippen LogP contribution in [0.4, 0.5) is 5.69 Å². The minimum absolute atomic E-state index is 0.368. The van der Waals surface area contributed by atoms with Gasteiger partial charge in [-0.1, -0.05) is 23.7 Å². The van der Waals surface area contributed by atoms with E-state index >= 15 is 0 Å². The van der Waals surface area contributed by atoms with Crippen LogP contribution in [-0.2, 0) is 6.54 Å². The molecule has 0 aromatic heterocycles. The molecule has 0 saturated heterocycles. The van der Waals surface area contributed by atoms with E-state index in [4.69, 9.17) is 22.1 Å². The molecule has 0 bridgehead atoms. The van der Waals surface area contributed by atoms with E-state index < -0.39 is 0 Å². The molecule has 0 amide bonds. The number of nitrogens with one attached hydrogen (secondary N) is 1. The van der Waals surface area contributed by atoms with Crippen LogP contribution in [0.2, 0.25) is 5.02 Å². The van der Waals surface area contributed by atoms with E-state index in [1.54, 1.807) is 7.11 Å². The summed E-state index contributed by atoms with van der Waals surface area (Å²) in [6.45, 7) is 2.47. The van der Waals surface area contributed by atoms with E-state index in [2.05, 4.69) is 10.3 Å². The zero-order valence-corrected chi connectivity index (χ0v) is 12.8. The Morgan fingerprint density at radius 3 is 2.57 bits per heavy atom. The summed E-state index contributed by atoms with van der Waals surface area (Å²) in [5.41, 5.74) is 8.84. The summed E-state index contributed by atoms with van der Waals surface area (Å²) in [6, 6.07) is 13.3. The number of benzene rings is 2. The third-order valence-electron chi connectivity index (χ3n) is 3.02. The maximum atomic E-state index is 5.99. The van der Waals surface area contributed by atoms with Gasteiger partial charge in [-0.25, -0.2) is 4.99 Å². The van der Waals surface area contributed by atoms with Gasteiger partial charge in [-0.3, -0.25) is 0 Å². The minimum Gasteiger partial charge on any atom is -0.497 e. The van der Waals surface area contributed by atoms with Gasteiger partial charge in [-0.05, 0) is 48.4 Å². The van der Waals surface area contributed by atoms with Crippen molar-refractivity contribution in [3.8, 4) is 5.75 Å². The highest BCUT2D eigenvalue weighted by atomic mass is 35.5. The molecule has 0 aliphatic heterocycles. The molecule has 2 aromatic rings. The molecule has 0 unspecified atom stereocenters. The Morgan fingerprint density at radius 1 is 1.24 bits per heavy atom. The Bertz CT molecular complexity index is 638. The summed E-state index contributed by atoms with van der Waals surface area (Å²) in [7, 11) is 1.63. The van der Waals surface area contributed by atoms with Crippen molar-refractivity contribution in [2.75, 3.05) is 12.4 Å². The number of halogens is 1. The average molecular weight is 304 g/mol. The molecule has 110 valence electrons. The second-order valence-corrected chi connectivity index (χ2v) is 5.05. The molecule has 0 aliphatic carbocycles. The first-order chi connectivity index (χ1) is 10.1. The molecule has 0 heterocycles. The van der Waals surface area contributed by atoms with E-state index in [9.17, 15) is 0 Å². The molecule has 0 saturated carbocycles. The fraction of sp³-hybridized carbons (Fsp3) is 0.188. The Kier molecular flexibility index (Phi) is 5.06. The van der Waals surface area contributed by atoms with Gasteiger partial charge in [0.15, 0.2) is 5.96 Å².